The third kappa shape index (κ3) is 4.29. The molecule has 1 amide bonds. The van der Waals surface area contributed by atoms with Gasteiger partial charge in [0.1, 0.15) is 0 Å². The van der Waals surface area contributed by atoms with E-state index < -0.39 is 0 Å². The second kappa shape index (κ2) is 6.51. The van der Waals surface area contributed by atoms with Gasteiger partial charge < -0.3 is 4.90 Å². The number of amides is 1. The van der Waals surface area contributed by atoms with Gasteiger partial charge >= 0.3 is 0 Å². The van der Waals surface area contributed by atoms with Crippen LogP contribution in [0, 0.1) is 0 Å². The third-order valence-electron chi connectivity index (χ3n) is 1.29. The summed E-state index contributed by atoms with van der Waals surface area (Å²) in [6, 6.07) is 0. The number of carbonyl (C=O) groups is 1. The summed E-state index contributed by atoms with van der Waals surface area (Å²) in [4.78, 5) is 15.0. The Morgan fingerprint density at radius 3 is 2.10 bits per heavy atom. The van der Waals surface area contributed by atoms with Gasteiger partial charge in [-0.15, -0.1) is 0 Å². The highest BCUT2D eigenvalue weighted by atomic mass is 17.1. The molecule has 0 aromatic rings. The number of nitrogens with zero attached hydrogens (tertiary/aromatic N) is 1. The largest absolute Gasteiger partial charge is 0.345 e. The highest BCUT2D eigenvalue weighted by molar-refractivity contribution is 5.47. The highest BCUT2D eigenvalue weighted by Crippen LogP contribution is 2.02. The molecular weight excluding hydrogens is 134 g/mol. The Bertz CT molecular complexity index is 81.1. The first-order valence-corrected chi connectivity index (χ1v) is 3.22. The van der Waals surface area contributed by atoms with Gasteiger partial charge in [0.05, 0.1) is 7.11 Å². The molecule has 0 saturated carbocycles. The smallest absolute Gasteiger partial charge is 0.209 e. The van der Waals surface area contributed by atoms with E-state index in [1.165, 1.54) is 20.0 Å². The molecule has 1 heterocycles. The zero-order chi connectivity index (χ0) is 7.82. The van der Waals surface area contributed by atoms with Crippen LogP contribution in [0.4, 0.5) is 0 Å². The van der Waals surface area contributed by atoms with E-state index in [1.54, 1.807) is 4.90 Å². The van der Waals surface area contributed by atoms with Crippen LogP contribution in [0.2, 0.25) is 0 Å². The zero-order valence-electron chi connectivity index (χ0n) is 6.12. The van der Waals surface area contributed by atoms with Crippen molar-refractivity contribution in [3.8, 4) is 0 Å². The molecule has 10 heavy (non-hydrogen) atoms. The van der Waals surface area contributed by atoms with Crippen molar-refractivity contribution in [1.82, 2.24) is 4.90 Å². The van der Waals surface area contributed by atoms with Crippen molar-refractivity contribution in [1.29, 1.82) is 0 Å². The number of rotatable bonds is 1. The summed E-state index contributed by atoms with van der Waals surface area (Å²) in [7, 11) is 1.18. The molecule has 4 heteroatoms. The van der Waals surface area contributed by atoms with Crippen molar-refractivity contribution in [3.05, 3.63) is 0 Å². The van der Waals surface area contributed by atoms with Crippen molar-refractivity contribution < 1.29 is 14.9 Å². The molecule has 0 radical (unpaired) electrons. The van der Waals surface area contributed by atoms with Gasteiger partial charge in [0.25, 0.3) is 0 Å². The molecule has 4 nitrogen and oxygen atoms in total. The average Bonchev–Trinajstić information content (AvgIpc) is 2.39. The predicted octanol–water partition coefficient (Wildman–Crippen LogP) is 0.344. The maximum atomic E-state index is 9.93. The Balaban J connectivity index is 0.000000236. The van der Waals surface area contributed by atoms with Crippen LogP contribution in [0.5, 0.6) is 0 Å². The van der Waals surface area contributed by atoms with Crippen LogP contribution in [0.1, 0.15) is 12.8 Å². The van der Waals surface area contributed by atoms with Crippen molar-refractivity contribution in [2.45, 2.75) is 12.8 Å². The quantitative estimate of drug-likeness (QED) is 0.330. The molecule has 0 unspecified atom stereocenters. The second-order valence-electron chi connectivity index (χ2n) is 2.03. The molecule has 0 bridgehead atoms. The normalized spacial score (nSPS) is 16.0. The summed E-state index contributed by atoms with van der Waals surface area (Å²) < 4.78 is 0. The van der Waals surface area contributed by atoms with Crippen LogP contribution in [-0.2, 0) is 9.68 Å². The third-order valence-corrected chi connectivity index (χ3v) is 1.29. The number of carbonyl (C=O) groups excluding carboxylic acids is 1. The summed E-state index contributed by atoms with van der Waals surface area (Å²) in [5, 5.41) is 7.07. The lowest BCUT2D eigenvalue weighted by atomic mass is 10.4. The monoisotopic (exact) mass is 147 g/mol. The fraction of sp³-hybridized carbons (Fsp3) is 0.833. The summed E-state index contributed by atoms with van der Waals surface area (Å²) in [5.74, 6) is 0. The Morgan fingerprint density at radius 1 is 1.50 bits per heavy atom. The van der Waals surface area contributed by atoms with Crippen LogP contribution in [0.15, 0.2) is 0 Å². The summed E-state index contributed by atoms with van der Waals surface area (Å²) in [6.07, 6.45) is 3.31. The van der Waals surface area contributed by atoms with Crippen molar-refractivity contribution in [2.75, 3.05) is 20.2 Å². The van der Waals surface area contributed by atoms with E-state index in [-0.39, 0.29) is 0 Å². The summed E-state index contributed by atoms with van der Waals surface area (Å²) in [6.45, 7) is 1.95. The van der Waals surface area contributed by atoms with Crippen molar-refractivity contribution in [3.63, 3.8) is 0 Å². The topological polar surface area (TPSA) is 49.8 Å². The molecule has 1 fully saturated rings. The number of likely N-dealkylation sites (tertiary alicyclic amines) is 1. The summed E-state index contributed by atoms with van der Waals surface area (Å²) >= 11 is 0. The van der Waals surface area contributed by atoms with E-state index in [9.17, 15) is 4.79 Å². The zero-order valence-corrected chi connectivity index (χ0v) is 6.12. The van der Waals surface area contributed by atoms with Crippen LogP contribution < -0.4 is 0 Å². The van der Waals surface area contributed by atoms with Crippen LogP contribution in [0.3, 0.4) is 0 Å². The molecule has 0 aromatic carbocycles. The molecule has 0 aromatic heterocycles. The average molecular weight is 147 g/mol. The minimum absolute atomic E-state index is 0.924. The number of hydrogen-bond acceptors (Lipinski definition) is 3. The standard InChI is InChI=1S/C5H9NO.CH4O2/c7-5-6-3-1-2-4-6;1-3-2/h5H,1-4H2;2H,1H3. The van der Waals surface area contributed by atoms with Gasteiger partial charge in [0, 0.05) is 13.1 Å². The Kier molecular flexibility index (Phi) is 6.11. The van der Waals surface area contributed by atoms with E-state index in [0.29, 0.717) is 0 Å². The lowest BCUT2D eigenvalue weighted by Gasteiger charge is -2.03. The van der Waals surface area contributed by atoms with E-state index in [0.717, 1.165) is 19.5 Å². The fourth-order valence-electron chi connectivity index (χ4n) is 0.847. The van der Waals surface area contributed by atoms with Gasteiger partial charge in [0.15, 0.2) is 0 Å². The molecule has 0 spiro atoms. The molecular formula is C6H13NO3. The van der Waals surface area contributed by atoms with E-state index in [1.807, 2.05) is 0 Å². The maximum absolute atomic E-state index is 9.93. The van der Waals surface area contributed by atoms with Gasteiger partial charge in [-0.25, -0.2) is 4.89 Å². The fourth-order valence-corrected chi connectivity index (χ4v) is 0.847. The Morgan fingerprint density at radius 2 is 1.90 bits per heavy atom. The minimum Gasteiger partial charge on any atom is -0.345 e. The lowest BCUT2D eigenvalue weighted by Crippen LogP contribution is -2.15. The van der Waals surface area contributed by atoms with Crippen LogP contribution >= 0.6 is 0 Å². The van der Waals surface area contributed by atoms with Gasteiger partial charge in [-0.3, -0.25) is 10.1 Å². The highest BCUT2D eigenvalue weighted by Gasteiger charge is 2.06. The van der Waals surface area contributed by atoms with E-state index in [4.69, 9.17) is 5.26 Å². The first-order valence-electron chi connectivity index (χ1n) is 3.22. The molecule has 1 aliphatic rings. The first-order chi connectivity index (χ1) is 4.85. The first kappa shape index (κ1) is 9.39. The van der Waals surface area contributed by atoms with Gasteiger partial charge in [0.2, 0.25) is 6.41 Å². The van der Waals surface area contributed by atoms with Crippen molar-refractivity contribution >= 4 is 6.41 Å². The van der Waals surface area contributed by atoms with Gasteiger partial charge in [-0.1, -0.05) is 0 Å². The van der Waals surface area contributed by atoms with Gasteiger partial charge in [-0.05, 0) is 12.8 Å². The van der Waals surface area contributed by atoms with Crippen LogP contribution in [0.25, 0.3) is 0 Å². The molecule has 0 atom stereocenters. The van der Waals surface area contributed by atoms with Crippen LogP contribution in [-0.4, -0.2) is 36.8 Å². The summed E-state index contributed by atoms with van der Waals surface area (Å²) in [5.41, 5.74) is 0. The molecule has 1 rings (SSSR count). The second-order valence-corrected chi connectivity index (χ2v) is 2.03. The predicted molar refractivity (Wildman–Crippen MR) is 36.5 cm³/mol. The van der Waals surface area contributed by atoms with E-state index in [2.05, 4.69) is 4.89 Å². The maximum Gasteiger partial charge on any atom is 0.209 e. The Hall–Kier alpha value is -0.610. The molecule has 1 saturated heterocycles. The van der Waals surface area contributed by atoms with E-state index >= 15 is 0 Å². The lowest BCUT2D eigenvalue weighted by molar-refractivity contribution is -0.214. The Labute approximate surface area is 60.3 Å². The van der Waals surface area contributed by atoms with Gasteiger partial charge in [-0.2, -0.15) is 0 Å². The molecule has 0 aliphatic carbocycles. The number of hydrogen-bond donors (Lipinski definition) is 1. The molecule has 60 valence electrons. The minimum atomic E-state index is 0.924. The molecule has 1 N–H and O–H groups in total. The SMILES string of the molecule is COO.O=CN1CCCC1. The molecule has 1 aliphatic heterocycles. The van der Waals surface area contributed by atoms with Crippen molar-refractivity contribution in [2.24, 2.45) is 0 Å².